The van der Waals surface area contributed by atoms with Crippen molar-refractivity contribution < 1.29 is 9.59 Å². The molecule has 29 heavy (non-hydrogen) atoms. The first-order valence-electron chi connectivity index (χ1n) is 10.2. The van der Waals surface area contributed by atoms with Crippen molar-refractivity contribution in [1.82, 2.24) is 10.2 Å². The van der Waals surface area contributed by atoms with E-state index >= 15 is 0 Å². The SMILES string of the molecule is CCCCNC(=O)[C@@H](C)N(Cc1ccc(C)cc1)C(=O)CSc1ccc(C)cc1. The topological polar surface area (TPSA) is 49.4 Å². The van der Waals surface area contributed by atoms with E-state index in [0.717, 1.165) is 23.3 Å². The minimum Gasteiger partial charge on any atom is -0.354 e. The molecule has 0 heterocycles. The van der Waals surface area contributed by atoms with Crippen LogP contribution >= 0.6 is 11.8 Å². The average Bonchev–Trinajstić information content (AvgIpc) is 2.72. The highest BCUT2D eigenvalue weighted by Gasteiger charge is 2.25. The van der Waals surface area contributed by atoms with Gasteiger partial charge in [-0.25, -0.2) is 0 Å². The molecule has 0 saturated heterocycles. The van der Waals surface area contributed by atoms with Crippen LogP contribution in [0.4, 0.5) is 0 Å². The van der Waals surface area contributed by atoms with E-state index in [1.54, 1.807) is 4.90 Å². The number of aryl methyl sites for hydroxylation is 2. The van der Waals surface area contributed by atoms with Crippen LogP contribution in [0.2, 0.25) is 0 Å². The molecule has 5 heteroatoms. The van der Waals surface area contributed by atoms with Gasteiger partial charge in [0.05, 0.1) is 5.75 Å². The Morgan fingerprint density at radius 3 is 2.17 bits per heavy atom. The van der Waals surface area contributed by atoms with Crippen LogP contribution in [0.1, 0.15) is 43.4 Å². The Morgan fingerprint density at radius 2 is 1.59 bits per heavy atom. The highest BCUT2D eigenvalue weighted by atomic mass is 32.2. The molecule has 0 bridgehead atoms. The summed E-state index contributed by atoms with van der Waals surface area (Å²) in [6.07, 6.45) is 1.96. The number of nitrogens with zero attached hydrogens (tertiary/aromatic N) is 1. The fourth-order valence-corrected chi connectivity index (χ4v) is 3.66. The van der Waals surface area contributed by atoms with Gasteiger partial charge in [-0.2, -0.15) is 0 Å². The second kappa shape index (κ2) is 11.7. The number of carbonyl (C=O) groups is 2. The highest BCUT2D eigenvalue weighted by Crippen LogP contribution is 2.20. The third kappa shape index (κ3) is 7.58. The molecule has 1 N–H and O–H groups in total. The lowest BCUT2D eigenvalue weighted by molar-refractivity contribution is -0.138. The maximum Gasteiger partial charge on any atom is 0.242 e. The maximum absolute atomic E-state index is 13.1. The zero-order chi connectivity index (χ0) is 21.2. The van der Waals surface area contributed by atoms with E-state index in [4.69, 9.17) is 0 Å². The Morgan fingerprint density at radius 1 is 1.00 bits per heavy atom. The molecule has 0 aromatic heterocycles. The van der Waals surface area contributed by atoms with Crippen molar-refractivity contribution >= 4 is 23.6 Å². The second-order valence-corrected chi connectivity index (χ2v) is 8.48. The molecule has 2 aromatic rings. The number of hydrogen-bond acceptors (Lipinski definition) is 3. The molecule has 0 aliphatic rings. The summed E-state index contributed by atoms with van der Waals surface area (Å²) in [5.74, 6) is 0.176. The lowest BCUT2D eigenvalue weighted by Crippen LogP contribution is -2.48. The molecule has 0 aliphatic heterocycles. The zero-order valence-electron chi connectivity index (χ0n) is 17.9. The van der Waals surface area contributed by atoms with Crippen molar-refractivity contribution in [3.63, 3.8) is 0 Å². The van der Waals surface area contributed by atoms with Crippen LogP contribution in [0.25, 0.3) is 0 Å². The van der Waals surface area contributed by atoms with Crippen molar-refractivity contribution in [3.8, 4) is 0 Å². The Kier molecular flexibility index (Phi) is 9.26. The van der Waals surface area contributed by atoms with E-state index in [9.17, 15) is 9.59 Å². The van der Waals surface area contributed by atoms with Gasteiger partial charge in [-0.1, -0.05) is 60.9 Å². The number of unbranched alkanes of at least 4 members (excludes halogenated alkanes) is 1. The van der Waals surface area contributed by atoms with E-state index in [0.29, 0.717) is 18.8 Å². The van der Waals surface area contributed by atoms with Crippen LogP contribution in [0.15, 0.2) is 53.4 Å². The van der Waals surface area contributed by atoms with Gasteiger partial charge in [0.25, 0.3) is 0 Å². The first-order chi connectivity index (χ1) is 13.9. The second-order valence-electron chi connectivity index (χ2n) is 7.43. The number of benzene rings is 2. The molecule has 0 radical (unpaired) electrons. The molecule has 4 nitrogen and oxygen atoms in total. The van der Waals surface area contributed by atoms with Gasteiger partial charge in [0.1, 0.15) is 6.04 Å². The minimum absolute atomic E-state index is 0.0331. The van der Waals surface area contributed by atoms with Crippen molar-refractivity contribution in [2.75, 3.05) is 12.3 Å². The predicted octanol–water partition coefficient (Wildman–Crippen LogP) is 4.73. The van der Waals surface area contributed by atoms with Crippen molar-refractivity contribution in [1.29, 1.82) is 0 Å². The van der Waals surface area contributed by atoms with E-state index in [-0.39, 0.29) is 11.8 Å². The number of carbonyl (C=O) groups excluding carboxylic acids is 2. The lowest BCUT2D eigenvalue weighted by Gasteiger charge is -2.29. The number of rotatable bonds is 10. The first-order valence-corrected chi connectivity index (χ1v) is 11.2. The molecule has 0 fully saturated rings. The van der Waals surface area contributed by atoms with Gasteiger partial charge in [-0.3, -0.25) is 9.59 Å². The number of nitrogens with one attached hydrogen (secondary N) is 1. The number of hydrogen-bond donors (Lipinski definition) is 1. The van der Waals surface area contributed by atoms with Crippen molar-refractivity contribution in [2.24, 2.45) is 0 Å². The van der Waals surface area contributed by atoms with Crippen LogP contribution in [0, 0.1) is 13.8 Å². The van der Waals surface area contributed by atoms with Crippen LogP contribution in [-0.4, -0.2) is 35.1 Å². The van der Waals surface area contributed by atoms with Gasteiger partial charge in [0, 0.05) is 18.0 Å². The van der Waals surface area contributed by atoms with Gasteiger partial charge in [-0.05, 0) is 44.9 Å². The summed E-state index contributed by atoms with van der Waals surface area (Å²) >= 11 is 1.51. The van der Waals surface area contributed by atoms with Crippen LogP contribution < -0.4 is 5.32 Å². The molecule has 2 aromatic carbocycles. The molecular weight excluding hydrogens is 380 g/mol. The summed E-state index contributed by atoms with van der Waals surface area (Å²) in [7, 11) is 0. The fourth-order valence-electron chi connectivity index (χ4n) is 2.87. The molecule has 1 atom stereocenters. The van der Waals surface area contributed by atoms with Crippen LogP contribution in [-0.2, 0) is 16.1 Å². The quantitative estimate of drug-likeness (QED) is 0.453. The van der Waals surface area contributed by atoms with E-state index in [1.165, 1.54) is 22.9 Å². The number of thioether (sulfide) groups is 1. The van der Waals surface area contributed by atoms with Gasteiger partial charge >= 0.3 is 0 Å². The Hall–Kier alpha value is -2.27. The van der Waals surface area contributed by atoms with Gasteiger partial charge in [-0.15, -0.1) is 11.8 Å². The lowest BCUT2D eigenvalue weighted by atomic mass is 10.1. The predicted molar refractivity (Wildman–Crippen MR) is 121 cm³/mol. The first kappa shape index (κ1) is 23.0. The third-order valence-electron chi connectivity index (χ3n) is 4.85. The summed E-state index contributed by atoms with van der Waals surface area (Å²) in [6.45, 7) is 9.05. The highest BCUT2D eigenvalue weighted by molar-refractivity contribution is 8.00. The van der Waals surface area contributed by atoms with Gasteiger partial charge in [0.15, 0.2) is 0 Å². The van der Waals surface area contributed by atoms with E-state index in [2.05, 4.69) is 12.2 Å². The summed E-state index contributed by atoms with van der Waals surface area (Å²) in [5, 5.41) is 2.95. The normalized spacial score (nSPS) is 11.7. The number of amides is 2. The van der Waals surface area contributed by atoms with Gasteiger partial charge < -0.3 is 10.2 Å². The summed E-state index contributed by atoms with van der Waals surface area (Å²) in [5.41, 5.74) is 3.39. The molecule has 0 saturated carbocycles. The molecule has 0 spiro atoms. The van der Waals surface area contributed by atoms with E-state index in [1.807, 2.05) is 69.3 Å². The van der Waals surface area contributed by atoms with Crippen LogP contribution in [0.3, 0.4) is 0 Å². The Bertz CT molecular complexity index is 788. The standard InChI is InChI=1S/C24H32N2O2S/c1-5-6-15-25-24(28)20(4)26(16-21-11-7-18(2)8-12-21)23(27)17-29-22-13-9-19(3)10-14-22/h7-14,20H,5-6,15-17H2,1-4H3,(H,25,28)/t20-/m1/s1. The largest absolute Gasteiger partial charge is 0.354 e. The maximum atomic E-state index is 13.1. The zero-order valence-corrected chi connectivity index (χ0v) is 18.7. The smallest absolute Gasteiger partial charge is 0.242 e. The van der Waals surface area contributed by atoms with E-state index < -0.39 is 6.04 Å². The van der Waals surface area contributed by atoms with Crippen molar-refractivity contribution in [2.45, 2.75) is 58.0 Å². The molecule has 0 aliphatic carbocycles. The third-order valence-corrected chi connectivity index (χ3v) is 5.85. The molecular formula is C24H32N2O2S. The Balaban J connectivity index is 2.08. The molecule has 0 unspecified atom stereocenters. The van der Waals surface area contributed by atoms with Crippen LogP contribution in [0.5, 0.6) is 0 Å². The van der Waals surface area contributed by atoms with Crippen molar-refractivity contribution in [3.05, 3.63) is 65.2 Å². The summed E-state index contributed by atoms with van der Waals surface area (Å²) in [6, 6.07) is 15.7. The Labute approximate surface area is 179 Å². The van der Waals surface area contributed by atoms with Gasteiger partial charge in [0.2, 0.25) is 11.8 Å². The molecule has 2 rings (SSSR count). The molecule has 156 valence electrons. The fraction of sp³-hybridized carbons (Fsp3) is 0.417. The molecule has 2 amide bonds. The summed E-state index contributed by atoms with van der Waals surface area (Å²) in [4.78, 5) is 28.4. The monoisotopic (exact) mass is 412 g/mol. The summed E-state index contributed by atoms with van der Waals surface area (Å²) < 4.78 is 0. The average molecular weight is 413 g/mol. The minimum atomic E-state index is -0.515.